The normalized spacial score (nSPS) is 18.0. The van der Waals surface area contributed by atoms with Crippen molar-refractivity contribution in [1.29, 1.82) is 0 Å². The van der Waals surface area contributed by atoms with Gasteiger partial charge in [0.1, 0.15) is 12.1 Å². The van der Waals surface area contributed by atoms with Crippen molar-refractivity contribution in [2.24, 2.45) is 0 Å². The van der Waals surface area contributed by atoms with E-state index in [1.165, 1.54) is 77.0 Å². The zero-order valence-electron chi connectivity index (χ0n) is 31.1. The van der Waals surface area contributed by atoms with Gasteiger partial charge in [0.25, 0.3) is 0 Å². The molecule has 0 saturated carbocycles. The SMILES string of the molecule is CCCCCCCCCCCCCCCCCC(=O)N1CCC[C@H]1C(=O)N1CCC[C@H]1C(=O)CCC(=O)N[C@@H](Cc1ccc(C)cc1)C(=O)O. The van der Waals surface area contributed by atoms with Crippen LogP contribution >= 0.6 is 0 Å². The van der Waals surface area contributed by atoms with Gasteiger partial charge >= 0.3 is 5.97 Å². The van der Waals surface area contributed by atoms with Crippen LogP contribution in [-0.4, -0.2) is 75.6 Å². The van der Waals surface area contributed by atoms with Crippen molar-refractivity contribution in [3.63, 3.8) is 0 Å². The van der Waals surface area contributed by atoms with E-state index in [0.29, 0.717) is 38.8 Å². The van der Waals surface area contributed by atoms with Crippen molar-refractivity contribution in [3.8, 4) is 0 Å². The molecule has 0 unspecified atom stereocenters. The fourth-order valence-electron chi connectivity index (χ4n) is 7.50. The minimum atomic E-state index is -1.13. The lowest BCUT2D eigenvalue weighted by atomic mass is 10.0. The van der Waals surface area contributed by atoms with Crippen LogP contribution in [0.2, 0.25) is 0 Å². The number of hydrogen-bond donors (Lipinski definition) is 2. The Morgan fingerprint density at radius 2 is 1.22 bits per heavy atom. The first-order valence-corrected chi connectivity index (χ1v) is 19.9. The number of likely N-dealkylation sites (tertiary alicyclic amines) is 2. The van der Waals surface area contributed by atoms with Gasteiger partial charge in [-0.25, -0.2) is 4.79 Å². The third kappa shape index (κ3) is 14.6. The van der Waals surface area contributed by atoms with Crippen LogP contribution in [0.5, 0.6) is 0 Å². The summed E-state index contributed by atoms with van der Waals surface area (Å²) in [6.07, 6.45) is 22.1. The molecule has 2 fully saturated rings. The van der Waals surface area contributed by atoms with E-state index in [1.54, 1.807) is 9.80 Å². The Hall–Kier alpha value is -3.23. The van der Waals surface area contributed by atoms with E-state index >= 15 is 0 Å². The topological polar surface area (TPSA) is 124 Å². The zero-order valence-corrected chi connectivity index (χ0v) is 31.1. The van der Waals surface area contributed by atoms with Crippen LogP contribution in [0.4, 0.5) is 0 Å². The van der Waals surface area contributed by atoms with E-state index < -0.39 is 30.0 Å². The Bertz CT molecular complexity index is 1200. The lowest BCUT2D eigenvalue weighted by Gasteiger charge is -2.31. The largest absolute Gasteiger partial charge is 0.480 e. The molecular formula is C41H65N3O6. The van der Waals surface area contributed by atoms with Crippen molar-refractivity contribution < 1.29 is 29.1 Å². The predicted octanol–water partition coefficient (Wildman–Crippen LogP) is 7.70. The molecule has 0 bridgehead atoms. The third-order valence-corrected chi connectivity index (χ3v) is 10.6. The minimum Gasteiger partial charge on any atom is -0.480 e. The summed E-state index contributed by atoms with van der Waals surface area (Å²) in [5, 5.41) is 12.2. The molecule has 2 saturated heterocycles. The van der Waals surface area contributed by atoms with Crippen molar-refractivity contribution in [1.82, 2.24) is 15.1 Å². The molecule has 3 atom stereocenters. The molecule has 2 aliphatic heterocycles. The third-order valence-electron chi connectivity index (χ3n) is 10.6. The molecule has 2 N–H and O–H groups in total. The fraction of sp³-hybridized carbons (Fsp3) is 0.732. The van der Waals surface area contributed by atoms with Gasteiger partial charge in [0.05, 0.1) is 6.04 Å². The van der Waals surface area contributed by atoms with Crippen LogP contribution in [0.3, 0.4) is 0 Å². The molecule has 9 nitrogen and oxygen atoms in total. The number of Topliss-reactive ketones (excluding diaryl/α,β-unsaturated/α-hetero) is 1. The summed E-state index contributed by atoms with van der Waals surface area (Å²) < 4.78 is 0. The number of rotatable bonds is 25. The van der Waals surface area contributed by atoms with Crippen LogP contribution in [0.1, 0.15) is 159 Å². The number of aliphatic carboxylic acids is 1. The Morgan fingerprint density at radius 1 is 0.700 bits per heavy atom. The van der Waals surface area contributed by atoms with Crippen LogP contribution in [0.25, 0.3) is 0 Å². The fourth-order valence-corrected chi connectivity index (χ4v) is 7.50. The van der Waals surface area contributed by atoms with E-state index in [9.17, 15) is 29.1 Å². The Kier molecular flexibility index (Phi) is 19.2. The first-order chi connectivity index (χ1) is 24.2. The average Bonchev–Trinajstić information content (AvgIpc) is 3.80. The molecule has 2 aliphatic rings. The van der Waals surface area contributed by atoms with Gasteiger partial charge in [-0.2, -0.15) is 0 Å². The van der Waals surface area contributed by atoms with Gasteiger partial charge in [0.2, 0.25) is 17.7 Å². The highest BCUT2D eigenvalue weighted by Gasteiger charge is 2.41. The molecule has 3 amide bonds. The molecule has 3 rings (SSSR count). The standard InChI is InChI=1S/C41H65N3O6/c1-3-4-5-6-7-8-9-10-11-12-13-14-15-16-17-22-39(47)43-29-19-21-36(43)40(48)44-30-18-20-35(44)37(45)27-28-38(46)42-34(41(49)50)31-33-25-23-32(2)24-26-33/h23-26,34-36H,3-22,27-31H2,1-2H3,(H,42,46)(H,49,50)/t34-,35-,36-/m0/s1. The summed E-state index contributed by atoms with van der Waals surface area (Å²) in [4.78, 5) is 67.9. The van der Waals surface area contributed by atoms with E-state index in [4.69, 9.17) is 0 Å². The van der Waals surface area contributed by atoms with Crippen molar-refractivity contribution in [3.05, 3.63) is 35.4 Å². The summed E-state index contributed by atoms with van der Waals surface area (Å²) >= 11 is 0. The summed E-state index contributed by atoms with van der Waals surface area (Å²) in [5.74, 6) is -1.94. The predicted molar refractivity (Wildman–Crippen MR) is 198 cm³/mol. The Morgan fingerprint density at radius 3 is 1.78 bits per heavy atom. The average molecular weight is 696 g/mol. The first-order valence-electron chi connectivity index (χ1n) is 19.9. The number of amides is 3. The first kappa shape index (κ1) is 41.2. The number of ketones is 1. The maximum absolute atomic E-state index is 13.7. The number of carbonyl (C=O) groups is 5. The zero-order chi connectivity index (χ0) is 36.1. The molecule has 1 aromatic carbocycles. The number of carboxylic acid groups (broad SMARTS) is 1. The van der Waals surface area contributed by atoms with Gasteiger partial charge in [-0.3, -0.25) is 19.2 Å². The van der Waals surface area contributed by atoms with E-state index in [2.05, 4.69) is 12.2 Å². The van der Waals surface area contributed by atoms with E-state index in [-0.39, 0.29) is 36.9 Å². The number of benzene rings is 1. The molecule has 0 aromatic heterocycles. The van der Waals surface area contributed by atoms with E-state index in [0.717, 1.165) is 36.8 Å². The van der Waals surface area contributed by atoms with Gasteiger partial charge in [0.15, 0.2) is 5.78 Å². The van der Waals surface area contributed by atoms with Crippen LogP contribution in [-0.2, 0) is 30.4 Å². The summed E-state index contributed by atoms with van der Waals surface area (Å²) in [7, 11) is 0. The van der Waals surface area contributed by atoms with Gasteiger partial charge in [-0.1, -0.05) is 127 Å². The lowest BCUT2D eigenvalue weighted by molar-refractivity contribution is -0.146. The van der Waals surface area contributed by atoms with Crippen molar-refractivity contribution >= 4 is 29.5 Å². The number of nitrogens with zero attached hydrogens (tertiary/aromatic N) is 2. The van der Waals surface area contributed by atoms with Gasteiger partial charge in [-0.15, -0.1) is 0 Å². The van der Waals surface area contributed by atoms with Crippen LogP contribution < -0.4 is 5.32 Å². The molecular weight excluding hydrogens is 630 g/mol. The smallest absolute Gasteiger partial charge is 0.326 e. The number of unbranched alkanes of at least 4 members (excludes halogenated alkanes) is 14. The van der Waals surface area contributed by atoms with Gasteiger partial charge < -0.3 is 20.2 Å². The number of aryl methyl sites for hydroxylation is 1. The lowest BCUT2D eigenvalue weighted by Crippen LogP contribution is -2.51. The minimum absolute atomic E-state index is 0.0351. The number of hydrogen-bond acceptors (Lipinski definition) is 5. The van der Waals surface area contributed by atoms with Gasteiger partial charge in [0, 0.05) is 38.8 Å². The maximum Gasteiger partial charge on any atom is 0.326 e. The monoisotopic (exact) mass is 695 g/mol. The highest BCUT2D eigenvalue weighted by atomic mass is 16.4. The molecule has 1 aromatic rings. The van der Waals surface area contributed by atoms with E-state index in [1.807, 2.05) is 31.2 Å². The molecule has 280 valence electrons. The summed E-state index contributed by atoms with van der Waals surface area (Å²) in [6, 6.07) is 5.25. The Labute approximate surface area is 301 Å². The molecule has 50 heavy (non-hydrogen) atoms. The second-order valence-corrected chi connectivity index (χ2v) is 14.7. The van der Waals surface area contributed by atoms with Crippen LogP contribution in [0, 0.1) is 6.92 Å². The highest BCUT2D eigenvalue weighted by molar-refractivity contribution is 5.95. The van der Waals surface area contributed by atoms with Gasteiger partial charge in [-0.05, 0) is 44.6 Å². The quantitative estimate of drug-likeness (QED) is 0.101. The molecule has 0 radical (unpaired) electrons. The molecule has 2 heterocycles. The Balaban J connectivity index is 1.32. The highest BCUT2D eigenvalue weighted by Crippen LogP contribution is 2.27. The maximum atomic E-state index is 13.7. The van der Waals surface area contributed by atoms with Crippen molar-refractivity contribution in [2.45, 2.75) is 180 Å². The number of nitrogens with one attached hydrogen (secondary N) is 1. The second kappa shape index (κ2) is 23.3. The summed E-state index contributed by atoms with van der Waals surface area (Å²) in [5.41, 5.74) is 1.86. The number of carbonyl (C=O) groups excluding carboxylic acids is 4. The molecule has 9 heteroatoms. The van der Waals surface area contributed by atoms with Crippen LogP contribution in [0.15, 0.2) is 24.3 Å². The van der Waals surface area contributed by atoms with Crippen molar-refractivity contribution in [2.75, 3.05) is 13.1 Å². The molecule has 0 spiro atoms. The second-order valence-electron chi connectivity index (χ2n) is 14.7. The number of carboxylic acids is 1. The molecule has 0 aliphatic carbocycles. The summed E-state index contributed by atoms with van der Waals surface area (Å²) in [6.45, 7) is 5.25.